The number of rotatable bonds is 4. The van der Waals surface area contributed by atoms with Crippen LogP contribution in [0, 0.1) is 0 Å². The van der Waals surface area contributed by atoms with Crippen molar-refractivity contribution in [1.82, 2.24) is 19.9 Å². The molecule has 0 radical (unpaired) electrons. The summed E-state index contributed by atoms with van der Waals surface area (Å²) >= 11 is 0. The van der Waals surface area contributed by atoms with Crippen LogP contribution < -0.4 is 5.32 Å². The number of H-pyrrole nitrogens is 1. The number of aromatic amines is 1. The molecule has 5 rings (SSSR count). The summed E-state index contributed by atoms with van der Waals surface area (Å²) in [5.41, 5.74) is 3.13. The number of imidazole rings is 1. The molecule has 0 amide bonds. The van der Waals surface area contributed by atoms with E-state index in [0.29, 0.717) is 11.5 Å². The number of fused-ring (bicyclic) bond motifs is 2. The fourth-order valence-electron chi connectivity index (χ4n) is 3.57. The summed E-state index contributed by atoms with van der Waals surface area (Å²) in [6.07, 6.45) is 3.08. The van der Waals surface area contributed by atoms with Crippen LogP contribution in [0.3, 0.4) is 0 Å². The summed E-state index contributed by atoms with van der Waals surface area (Å²) in [7, 11) is 0. The highest BCUT2D eigenvalue weighted by Crippen LogP contribution is 2.38. The van der Waals surface area contributed by atoms with Crippen molar-refractivity contribution in [3.05, 3.63) is 90.5 Å². The summed E-state index contributed by atoms with van der Waals surface area (Å²) in [5, 5.41) is 16.3. The van der Waals surface area contributed by atoms with Crippen molar-refractivity contribution in [3.8, 4) is 5.75 Å². The van der Waals surface area contributed by atoms with Crippen molar-refractivity contribution in [2.45, 2.75) is 6.04 Å². The number of phenolic OH excluding ortho intramolecular Hbond substituents is 1. The van der Waals surface area contributed by atoms with Crippen LogP contribution in [0.5, 0.6) is 5.75 Å². The average Bonchev–Trinajstić information content (AvgIpc) is 3.23. The molecule has 0 bridgehead atoms. The van der Waals surface area contributed by atoms with Gasteiger partial charge in [-0.3, -0.25) is 0 Å². The van der Waals surface area contributed by atoms with Gasteiger partial charge in [0.2, 0.25) is 0 Å². The Morgan fingerprint density at radius 1 is 0.857 bits per heavy atom. The molecule has 28 heavy (non-hydrogen) atoms. The van der Waals surface area contributed by atoms with Crippen molar-refractivity contribution in [2.24, 2.45) is 0 Å². The van der Waals surface area contributed by atoms with Crippen LogP contribution in [0.15, 0.2) is 79.4 Å². The maximum Gasteiger partial charge on any atom is 0.182 e. The smallest absolute Gasteiger partial charge is 0.182 e. The minimum Gasteiger partial charge on any atom is -0.508 e. The number of phenols is 1. The molecule has 3 N–H and O–H groups in total. The Hall–Kier alpha value is -3.93. The maximum absolute atomic E-state index is 10.8. The van der Waals surface area contributed by atoms with E-state index in [-0.39, 0.29) is 11.8 Å². The second-order valence-electron chi connectivity index (χ2n) is 6.53. The zero-order valence-corrected chi connectivity index (χ0v) is 14.9. The van der Waals surface area contributed by atoms with E-state index in [9.17, 15) is 5.11 Å². The molecular formula is C22H17N5O. The van der Waals surface area contributed by atoms with Gasteiger partial charge < -0.3 is 15.4 Å². The van der Waals surface area contributed by atoms with Crippen LogP contribution in [-0.2, 0) is 0 Å². The third-order valence-corrected chi connectivity index (χ3v) is 4.87. The zero-order chi connectivity index (χ0) is 18.9. The van der Waals surface area contributed by atoms with Crippen LogP contribution in [0.25, 0.3) is 21.9 Å². The summed E-state index contributed by atoms with van der Waals surface area (Å²) in [6, 6.07) is 21.4. The molecule has 1 unspecified atom stereocenters. The van der Waals surface area contributed by atoms with E-state index in [1.54, 1.807) is 12.4 Å². The third-order valence-electron chi connectivity index (χ3n) is 4.87. The molecule has 3 aromatic carbocycles. The summed E-state index contributed by atoms with van der Waals surface area (Å²) in [5.74, 6) is 0.860. The Labute approximate surface area is 160 Å². The van der Waals surface area contributed by atoms with Crippen LogP contribution in [-0.4, -0.2) is 25.0 Å². The number of benzene rings is 3. The van der Waals surface area contributed by atoms with E-state index < -0.39 is 0 Å². The van der Waals surface area contributed by atoms with E-state index in [1.807, 2.05) is 60.7 Å². The van der Waals surface area contributed by atoms with E-state index in [0.717, 1.165) is 27.4 Å². The molecule has 0 spiro atoms. The number of hydrogen-bond acceptors (Lipinski definition) is 5. The predicted molar refractivity (Wildman–Crippen MR) is 109 cm³/mol. The summed E-state index contributed by atoms with van der Waals surface area (Å²) in [6.45, 7) is 0. The first kappa shape index (κ1) is 16.3. The largest absolute Gasteiger partial charge is 0.508 e. The standard InChI is InChI=1S/C22H17N5O/c28-17-11-10-14-6-4-5-9-16(14)18(17)19(15-7-2-1-3-8-15)27-22-20-21(24-12-23-20)25-13-26-22/h1-13,19,28H,(H2,23,24,25,26,27). The van der Waals surface area contributed by atoms with Gasteiger partial charge >= 0.3 is 0 Å². The topological polar surface area (TPSA) is 86.7 Å². The quantitative estimate of drug-likeness (QED) is 0.438. The first-order valence-corrected chi connectivity index (χ1v) is 8.97. The molecule has 2 aromatic heterocycles. The van der Waals surface area contributed by atoms with Gasteiger partial charge in [-0.25, -0.2) is 15.0 Å². The minimum atomic E-state index is -0.311. The Balaban J connectivity index is 1.73. The predicted octanol–water partition coefficient (Wildman–Crippen LogP) is 4.41. The zero-order valence-electron chi connectivity index (χ0n) is 14.9. The molecule has 0 aliphatic heterocycles. The normalized spacial score (nSPS) is 12.3. The highest BCUT2D eigenvalue weighted by atomic mass is 16.3. The van der Waals surface area contributed by atoms with Crippen LogP contribution in [0.2, 0.25) is 0 Å². The number of nitrogens with zero attached hydrogens (tertiary/aromatic N) is 3. The molecule has 1 atom stereocenters. The Kier molecular flexibility index (Phi) is 3.87. The van der Waals surface area contributed by atoms with Gasteiger partial charge in [0, 0.05) is 5.56 Å². The first-order valence-electron chi connectivity index (χ1n) is 8.97. The number of hydrogen-bond donors (Lipinski definition) is 3. The summed E-state index contributed by atoms with van der Waals surface area (Å²) < 4.78 is 0. The second kappa shape index (κ2) is 6.66. The van der Waals surface area contributed by atoms with Crippen molar-refractivity contribution >= 4 is 27.8 Å². The van der Waals surface area contributed by atoms with Crippen molar-refractivity contribution in [1.29, 1.82) is 0 Å². The minimum absolute atomic E-state index is 0.231. The van der Waals surface area contributed by atoms with E-state index in [4.69, 9.17) is 0 Å². The molecule has 136 valence electrons. The molecule has 0 saturated heterocycles. The first-order chi connectivity index (χ1) is 13.8. The van der Waals surface area contributed by atoms with Gasteiger partial charge in [-0.05, 0) is 22.4 Å². The molecule has 0 fully saturated rings. The van der Waals surface area contributed by atoms with Gasteiger partial charge in [-0.15, -0.1) is 0 Å². The lowest BCUT2D eigenvalue weighted by Gasteiger charge is -2.23. The lowest BCUT2D eigenvalue weighted by Crippen LogP contribution is -2.14. The third kappa shape index (κ3) is 2.72. The van der Waals surface area contributed by atoms with Gasteiger partial charge in [0.1, 0.15) is 17.6 Å². The fourth-order valence-corrected chi connectivity index (χ4v) is 3.57. The maximum atomic E-state index is 10.8. The van der Waals surface area contributed by atoms with Gasteiger partial charge in [0.25, 0.3) is 0 Å². The number of anilines is 1. The Bertz CT molecular complexity index is 1270. The van der Waals surface area contributed by atoms with Gasteiger partial charge in [0.15, 0.2) is 11.5 Å². The van der Waals surface area contributed by atoms with Crippen LogP contribution >= 0.6 is 0 Å². The molecule has 6 heteroatoms. The highest BCUT2D eigenvalue weighted by molar-refractivity contribution is 5.90. The Morgan fingerprint density at radius 3 is 2.57 bits per heavy atom. The number of aromatic hydroxyl groups is 1. The fraction of sp³-hybridized carbons (Fsp3) is 0.0455. The molecule has 0 aliphatic carbocycles. The monoisotopic (exact) mass is 367 g/mol. The molecule has 0 aliphatic rings. The van der Waals surface area contributed by atoms with Crippen molar-refractivity contribution in [2.75, 3.05) is 5.32 Å². The molecule has 0 saturated carbocycles. The number of nitrogens with one attached hydrogen (secondary N) is 2. The van der Waals surface area contributed by atoms with Crippen LogP contribution in [0.4, 0.5) is 5.82 Å². The van der Waals surface area contributed by atoms with Crippen molar-refractivity contribution < 1.29 is 5.11 Å². The molecule has 6 nitrogen and oxygen atoms in total. The lowest BCUT2D eigenvalue weighted by molar-refractivity contribution is 0.468. The highest BCUT2D eigenvalue weighted by Gasteiger charge is 2.22. The average molecular weight is 367 g/mol. The molecule has 2 heterocycles. The van der Waals surface area contributed by atoms with E-state index >= 15 is 0 Å². The molecule has 5 aromatic rings. The van der Waals surface area contributed by atoms with Gasteiger partial charge in [-0.1, -0.05) is 60.7 Å². The molecular weight excluding hydrogens is 350 g/mol. The van der Waals surface area contributed by atoms with E-state index in [2.05, 4.69) is 25.3 Å². The SMILES string of the molecule is Oc1ccc2ccccc2c1C(Nc1ncnc2nc[nH]c12)c1ccccc1. The lowest BCUT2D eigenvalue weighted by atomic mass is 9.92. The second-order valence-corrected chi connectivity index (χ2v) is 6.53. The van der Waals surface area contributed by atoms with Crippen LogP contribution in [0.1, 0.15) is 17.2 Å². The van der Waals surface area contributed by atoms with Gasteiger partial charge in [-0.2, -0.15) is 0 Å². The van der Waals surface area contributed by atoms with Crippen molar-refractivity contribution in [3.63, 3.8) is 0 Å². The summed E-state index contributed by atoms with van der Waals surface area (Å²) in [4.78, 5) is 15.9. The van der Waals surface area contributed by atoms with Gasteiger partial charge in [0.05, 0.1) is 12.4 Å². The Morgan fingerprint density at radius 2 is 1.68 bits per heavy atom. The van der Waals surface area contributed by atoms with E-state index in [1.165, 1.54) is 6.33 Å². The number of aromatic nitrogens is 4.